The highest BCUT2D eigenvalue weighted by molar-refractivity contribution is 7.99. The number of nitrogens with zero attached hydrogens (tertiary/aromatic N) is 2. The van der Waals surface area contributed by atoms with Crippen LogP contribution in [-0.4, -0.2) is 27.8 Å². The van der Waals surface area contributed by atoms with Crippen LogP contribution in [0.25, 0.3) is 11.0 Å². The zero-order valence-electron chi connectivity index (χ0n) is 12.6. The molecule has 0 radical (unpaired) electrons. The van der Waals surface area contributed by atoms with Crippen molar-refractivity contribution in [1.29, 1.82) is 5.26 Å². The number of imidazole rings is 1. The molecule has 2 rings (SSSR count). The number of para-hydroxylation sites is 2. The van der Waals surface area contributed by atoms with Crippen LogP contribution in [0.3, 0.4) is 0 Å². The summed E-state index contributed by atoms with van der Waals surface area (Å²) in [5.41, 5.74) is 1.71. The predicted octanol–water partition coefficient (Wildman–Crippen LogP) is 3.72. The molecule has 1 aromatic heterocycles. The number of thioether (sulfide) groups is 1. The van der Waals surface area contributed by atoms with Crippen LogP contribution in [-0.2, 0) is 0 Å². The standard InChI is InChI=1S/C16H22N4S/c1-3-16(12-17,18-4-2)10-7-11-21-15-19-13-8-5-6-9-14(13)20-15/h5-6,8-9,18H,3-4,7,10-11H2,1-2H3,(H,19,20). The molecule has 5 heteroatoms. The van der Waals surface area contributed by atoms with E-state index in [0.717, 1.165) is 47.7 Å². The van der Waals surface area contributed by atoms with Crippen molar-refractivity contribution in [2.75, 3.05) is 12.3 Å². The number of hydrogen-bond donors (Lipinski definition) is 2. The molecule has 112 valence electrons. The largest absolute Gasteiger partial charge is 0.333 e. The molecule has 0 aliphatic rings. The van der Waals surface area contributed by atoms with E-state index in [1.165, 1.54) is 0 Å². The van der Waals surface area contributed by atoms with Gasteiger partial charge in [-0.15, -0.1) is 0 Å². The van der Waals surface area contributed by atoms with Crippen molar-refractivity contribution >= 4 is 22.8 Å². The summed E-state index contributed by atoms with van der Waals surface area (Å²) >= 11 is 1.72. The van der Waals surface area contributed by atoms with Crippen molar-refractivity contribution in [3.63, 3.8) is 0 Å². The summed E-state index contributed by atoms with van der Waals surface area (Å²) in [5.74, 6) is 0.967. The van der Waals surface area contributed by atoms with Gasteiger partial charge in [0.25, 0.3) is 0 Å². The van der Waals surface area contributed by atoms with Gasteiger partial charge in [0.15, 0.2) is 5.16 Å². The molecule has 4 nitrogen and oxygen atoms in total. The van der Waals surface area contributed by atoms with E-state index < -0.39 is 0 Å². The number of hydrogen-bond acceptors (Lipinski definition) is 4. The van der Waals surface area contributed by atoms with Crippen LogP contribution >= 0.6 is 11.8 Å². The number of aromatic amines is 1. The molecular weight excluding hydrogens is 280 g/mol. The lowest BCUT2D eigenvalue weighted by atomic mass is 9.92. The van der Waals surface area contributed by atoms with Gasteiger partial charge in [0.2, 0.25) is 0 Å². The van der Waals surface area contributed by atoms with E-state index in [1.54, 1.807) is 11.8 Å². The summed E-state index contributed by atoms with van der Waals surface area (Å²) in [4.78, 5) is 7.87. The molecule has 0 aliphatic heterocycles. The lowest BCUT2D eigenvalue weighted by Gasteiger charge is -2.25. The third-order valence-electron chi connectivity index (χ3n) is 3.69. The molecule has 0 fully saturated rings. The van der Waals surface area contributed by atoms with Gasteiger partial charge in [-0.1, -0.05) is 37.7 Å². The molecule has 1 heterocycles. The van der Waals surface area contributed by atoms with Crippen LogP contribution in [0.4, 0.5) is 0 Å². The van der Waals surface area contributed by atoms with Crippen molar-refractivity contribution in [2.45, 2.75) is 43.8 Å². The maximum absolute atomic E-state index is 9.38. The minimum atomic E-state index is -0.372. The Morgan fingerprint density at radius 1 is 1.38 bits per heavy atom. The average molecular weight is 302 g/mol. The fourth-order valence-corrected chi connectivity index (χ4v) is 3.27. The number of benzene rings is 1. The second-order valence-corrected chi connectivity index (χ2v) is 6.17. The first-order valence-electron chi connectivity index (χ1n) is 7.47. The smallest absolute Gasteiger partial charge is 0.166 e. The zero-order valence-corrected chi connectivity index (χ0v) is 13.5. The van der Waals surface area contributed by atoms with Gasteiger partial charge in [-0.3, -0.25) is 5.32 Å². The van der Waals surface area contributed by atoms with Gasteiger partial charge < -0.3 is 4.98 Å². The molecule has 0 aliphatic carbocycles. The third kappa shape index (κ3) is 3.99. The van der Waals surface area contributed by atoms with E-state index in [4.69, 9.17) is 0 Å². The molecule has 1 aromatic carbocycles. The number of fused-ring (bicyclic) bond motifs is 1. The highest BCUT2D eigenvalue weighted by Gasteiger charge is 2.25. The van der Waals surface area contributed by atoms with Crippen LogP contribution in [0.15, 0.2) is 29.4 Å². The summed E-state index contributed by atoms with van der Waals surface area (Å²) in [6, 6.07) is 10.5. The highest BCUT2D eigenvalue weighted by Crippen LogP contribution is 2.23. The molecule has 21 heavy (non-hydrogen) atoms. The molecule has 2 aromatic rings. The summed E-state index contributed by atoms with van der Waals surface area (Å²) in [6.07, 6.45) is 2.71. The summed E-state index contributed by atoms with van der Waals surface area (Å²) < 4.78 is 0. The van der Waals surface area contributed by atoms with Crippen LogP contribution in [0.1, 0.15) is 33.1 Å². The number of rotatable bonds is 8. The lowest BCUT2D eigenvalue weighted by molar-refractivity contribution is 0.379. The van der Waals surface area contributed by atoms with Gasteiger partial charge >= 0.3 is 0 Å². The topological polar surface area (TPSA) is 64.5 Å². The van der Waals surface area contributed by atoms with Crippen molar-refractivity contribution in [1.82, 2.24) is 15.3 Å². The first-order valence-corrected chi connectivity index (χ1v) is 8.45. The molecule has 0 bridgehead atoms. The maximum atomic E-state index is 9.38. The Balaban J connectivity index is 1.85. The predicted molar refractivity (Wildman–Crippen MR) is 88.4 cm³/mol. The van der Waals surface area contributed by atoms with E-state index in [1.807, 2.05) is 31.2 Å². The van der Waals surface area contributed by atoms with E-state index >= 15 is 0 Å². The number of nitrogens with one attached hydrogen (secondary N) is 2. The van der Waals surface area contributed by atoms with E-state index in [-0.39, 0.29) is 5.54 Å². The Morgan fingerprint density at radius 2 is 2.19 bits per heavy atom. The zero-order chi connectivity index (χ0) is 15.1. The van der Waals surface area contributed by atoms with Gasteiger partial charge in [0, 0.05) is 5.75 Å². The van der Waals surface area contributed by atoms with Crippen LogP contribution in [0.2, 0.25) is 0 Å². The fourth-order valence-electron chi connectivity index (χ4n) is 2.44. The molecule has 0 saturated carbocycles. The second kappa shape index (κ2) is 7.48. The lowest BCUT2D eigenvalue weighted by Crippen LogP contribution is -2.43. The Hall–Kier alpha value is -1.51. The SMILES string of the molecule is CCNC(C#N)(CC)CCCSc1nc2ccccc2[nH]1. The first-order chi connectivity index (χ1) is 10.2. The maximum Gasteiger partial charge on any atom is 0.166 e. The second-order valence-electron chi connectivity index (χ2n) is 5.09. The van der Waals surface area contributed by atoms with E-state index in [2.05, 4.69) is 28.3 Å². The summed E-state index contributed by atoms with van der Waals surface area (Å²) in [5, 5.41) is 13.7. The third-order valence-corrected chi connectivity index (χ3v) is 4.65. The Morgan fingerprint density at radius 3 is 2.86 bits per heavy atom. The van der Waals surface area contributed by atoms with Crippen LogP contribution in [0, 0.1) is 11.3 Å². The normalized spacial score (nSPS) is 14.0. The van der Waals surface area contributed by atoms with Gasteiger partial charge in [-0.25, -0.2) is 4.98 Å². The molecule has 0 amide bonds. The van der Waals surface area contributed by atoms with E-state index in [9.17, 15) is 5.26 Å². The van der Waals surface area contributed by atoms with Crippen LogP contribution in [0.5, 0.6) is 0 Å². The summed E-state index contributed by atoms with van der Waals surface area (Å²) in [7, 11) is 0. The first kappa shape index (κ1) is 15.9. The quantitative estimate of drug-likeness (QED) is 0.576. The molecule has 1 atom stereocenters. The molecular formula is C16H22N4S. The number of H-pyrrole nitrogens is 1. The number of aromatic nitrogens is 2. The highest BCUT2D eigenvalue weighted by atomic mass is 32.2. The monoisotopic (exact) mass is 302 g/mol. The van der Waals surface area contributed by atoms with Crippen LogP contribution < -0.4 is 5.32 Å². The molecule has 0 spiro atoms. The van der Waals surface area contributed by atoms with Gasteiger partial charge in [0.1, 0.15) is 5.54 Å². The van der Waals surface area contributed by atoms with Gasteiger partial charge in [-0.2, -0.15) is 5.26 Å². The fraction of sp³-hybridized carbons (Fsp3) is 0.500. The van der Waals surface area contributed by atoms with Crippen molar-refractivity contribution in [2.24, 2.45) is 0 Å². The van der Waals surface area contributed by atoms with Crippen molar-refractivity contribution in [3.05, 3.63) is 24.3 Å². The van der Waals surface area contributed by atoms with E-state index in [0.29, 0.717) is 0 Å². The molecule has 2 N–H and O–H groups in total. The summed E-state index contributed by atoms with van der Waals surface area (Å²) in [6.45, 7) is 4.95. The molecule has 0 saturated heterocycles. The Labute approximate surface area is 130 Å². The minimum absolute atomic E-state index is 0.372. The number of nitriles is 1. The van der Waals surface area contributed by atoms with Gasteiger partial charge in [-0.05, 0) is 37.9 Å². The Bertz CT molecular complexity index is 583. The van der Waals surface area contributed by atoms with Gasteiger partial charge in [0.05, 0.1) is 17.1 Å². The van der Waals surface area contributed by atoms with Crippen molar-refractivity contribution in [3.8, 4) is 6.07 Å². The Kier molecular flexibility index (Phi) is 5.66. The minimum Gasteiger partial charge on any atom is -0.333 e. The van der Waals surface area contributed by atoms with Crippen molar-refractivity contribution < 1.29 is 0 Å². The molecule has 1 unspecified atom stereocenters. The average Bonchev–Trinajstić information content (AvgIpc) is 2.93.